The number of H-pyrrole nitrogens is 1. The van der Waals surface area contributed by atoms with Crippen LogP contribution in [0, 0.1) is 0 Å². The van der Waals surface area contributed by atoms with Gasteiger partial charge in [0.25, 0.3) is 0 Å². The third kappa shape index (κ3) is 2.45. The molecule has 0 bridgehead atoms. The van der Waals surface area contributed by atoms with Crippen molar-refractivity contribution in [1.29, 1.82) is 0 Å². The van der Waals surface area contributed by atoms with Crippen LogP contribution in [0.4, 0.5) is 13.2 Å². The van der Waals surface area contributed by atoms with E-state index in [-0.39, 0.29) is 17.1 Å². The molecular weight excluding hydrogens is 313 g/mol. The Hall–Kier alpha value is -1.63. The molecule has 0 atom stereocenters. The summed E-state index contributed by atoms with van der Waals surface area (Å²) in [5.74, 6) is 0.204. The predicted octanol–water partition coefficient (Wildman–Crippen LogP) is 3.67. The first-order chi connectivity index (χ1) is 8.41. The Morgan fingerprint density at radius 3 is 2.61 bits per heavy atom. The zero-order valence-corrected chi connectivity index (χ0v) is 10.3. The van der Waals surface area contributed by atoms with E-state index in [1.807, 2.05) is 0 Å². The molecule has 2 aromatic rings. The number of aromatic amines is 1. The molecule has 0 radical (unpaired) electrons. The SMILES string of the molecule is O=Cc1cnc(-c2cc(C(F)(F)F)ccc2Br)[nH]1. The van der Waals surface area contributed by atoms with Crippen molar-refractivity contribution >= 4 is 22.2 Å². The van der Waals surface area contributed by atoms with Crippen LogP contribution in [-0.4, -0.2) is 16.3 Å². The lowest BCUT2D eigenvalue weighted by molar-refractivity contribution is -0.137. The molecule has 7 heteroatoms. The summed E-state index contributed by atoms with van der Waals surface area (Å²) in [6.45, 7) is 0. The van der Waals surface area contributed by atoms with Gasteiger partial charge in [0, 0.05) is 10.0 Å². The van der Waals surface area contributed by atoms with Gasteiger partial charge in [0.05, 0.1) is 17.5 Å². The highest BCUT2D eigenvalue weighted by Crippen LogP contribution is 2.34. The first-order valence-electron chi connectivity index (χ1n) is 4.79. The average molecular weight is 319 g/mol. The van der Waals surface area contributed by atoms with Crippen molar-refractivity contribution < 1.29 is 18.0 Å². The Kier molecular flexibility index (Phi) is 3.25. The topological polar surface area (TPSA) is 45.8 Å². The lowest BCUT2D eigenvalue weighted by atomic mass is 10.1. The Morgan fingerprint density at radius 2 is 2.06 bits per heavy atom. The van der Waals surface area contributed by atoms with E-state index < -0.39 is 11.7 Å². The summed E-state index contributed by atoms with van der Waals surface area (Å²) >= 11 is 3.15. The predicted molar refractivity (Wildman–Crippen MR) is 62.1 cm³/mol. The molecule has 0 spiro atoms. The first-order valence-corrected chi connectivity index (χ1v) is 5.58. The van der Waals surface area contributed by atoms with E-state index >= 15 is 0 Å². The number of halogens is 4. The highest BCUT2D eigenvalue weighted by atomic mass is 79.9. The molecule has 2 rings (SSSR count). The van der Waals surface area contributed by atoms with Gasteiger partial charge in [-0.2, -0.15) is 13.2 Å². The standard InChI is InChI=1S/C11H6BrF3N2O/c12-9-2-1-6(11(13,14)15)3-8(9)10-16-4-7(5-18)17-10/h1-5H,(H,16,17). The summed E-state index contributed by atoms with van der Waals surface area (Å²) in [5.41, 5.74) is -0.322. The zero-order valence-electron chi connectivity index (χ0n) is 8.75. The van der Waals surface area contributed by atoms with Crippen molar-refractivity contribution in [3.8, 4) is 11.4 Å². The van der Waals surface area contributed by atoms with E-state index in [4.69, 9.17) is 0 Å². The van der Waals surface area contributed by atoms with E-state index in [9.17, 15) is 18.0 Å². The molecule has 0 unspecified atom stereocenters. The fourth-order valence-corrected chi connectivity index (χ4v) is 1.85. The van der Waals surface area contributed by atoms with Crippen molar-refractivity contribution in [2.75, 3.05) is 0 Å². The van der Waals surface area contributed by atoms with Gasteiger partial charge in [0.2, 0.25) is 0 Å². The number of aromatic nitrogens is 2. The second-order valence-corrected chi connectivity index (χ2v) is 4.35. The van der Waals surface area contributed by atoms with Crippen molar-refractivity contribution in [3.05, 3.63) is 40.1 Å². The molecule has 1 N–H and O–H groups in total. The number of carbonyl (C=O) groups is 1. The van der Waals surface area contributed by atoms with Gasteiger partial charge in [-0.15, -0.1) is 0 Å². The number of aldehydes is 1. The van der Waals surface area contributed by atoms with Gasteiger partial charge in [-0.25, -0.2) is 4.98 Å². The van der Waals surface area contributed by atoms with Gasteiger partial charge in [-0.1, -0.05) is 15.9 Å². The molecule has 0 amide bonds. The Bertz CT molecular complexity index is 592. The monoisotopic (exact) mass is 318 g/mol. The number of hydrogen-bond donors (Lipinski definition) is 1. The average Bonchev–Trinajstić information content (AvgIpc) is 2.76. The van der Waals surface area contributed by atoms with Gasteiger partial charge < -0.3 is 4.98 Å². The van der Waals surface area contributed by atoms with Crippen LogP contribution in [0.25, 0.3) is 11.4 Å². The molecule has 1 aromatic heterocycles. The van der Waals surface area contributed by atoms with Crippen LogP contribution in [0.1, 0.15) is 16.1 Å². The minimum Gasteiger partial charge on any atom is -0.336 e. The fourth-order valence-electron chi connectivity index (χ4n) is 1.42. The maximum absolute atomic E-state index is 12.6. The number of alkyl halides is 3. The number of carbonyl (C=O) groups excluding carboxylic acids is 1. The van der Waals surface area contributed by atoms with Crippen molar-refractivity contribution in [1.82, 2.24) is 9.97 Å². The third-order valence-electron chi connectivity index (χ3n) is 2.27. The molecule has 94 valence electrons. The zero-order chi connectivity index (χ0) is 13.3. The minimum absolute atomic E-state index is 0.203. The van der Waals surface area contributed by atoms with Gasteiger partial charge in [-0.3, -0.25) is 4.79 Å². The highest BCUT2D eigenvalue weighted by molar-refractivity contribution is 9.10. The summed E-state index contributed by atoms with van der Waals surface area (Å²) in [7, 11) is 0. The minimum atomic E-state index is -4.42. The molecule has 0 saturated heterocycles. The maximum atomic E-state index is 12.6. The first kappa shape index (κ1) is 12.8. The number of hydrogen-bond acceptors (Lipinski definition) is 2. The van der Waals surface area contributed by atoms with Gasteiger partial charge in [0.15, 0.2) is 6.29 Å². The normalized spacial score (nSPS) is 11.6. The number of nitrogens with one attached hydrogen (secondary N) is 1. The molecule has 18 heavy (non-hydrogen) atoms. The molecule has 3 nitrogen and oxygen atoms in total. The Morgan fingerprint density at radius 1 is 1.33 bits per heavy atom. The Labute approximate surface area is 108 Å². The number of imidazole rings is 1. The number of nitrogens with zero attached hydrogens (tertiary/aromatic N) is 1. The summed E-state index contributed by atoms with van der Waals surface area (Å²) in [6, 6.07) is 3.23. The van der Waals surface area contributed by atoms with E-state index in [0.717, 1.165) is 12.1 Å². The molecule has 1 aromatic carbocycles. The summed E-state index contributed by atoms with van der Waals surface area (Å²) < 4.78 is 38.2. The van der Waals surface area contributed by atoms with Crippen LogP contribution >= 0.6 is 15.9 Å². The molecular formula is C11H6BrF3N2O. The van der Waals surface area contributed by atoms with Crippen LogP contribution in [0.2, 0.25) is 0 Å². The molecule has 1 heterocycles. The van der Waals surface area contributed by atoms with Crippen LogP contribution in [0.5, 0.6) is 0 Å². The summed E-state index contributed by atoms with van der Waals surface area (Å²) in [6.07, 6.45) is -2.62. The van der Waals surface area contributed by atoms with E-state index in [1.54, 1.807) is 0 Å². The highest BCUT2D eigenvalue weighted by Gasteiger charge is 2.31. The third-order valence-corrected chi connectivity index (χ3v) is 2.96. The molecule has 0 aliphatic rings. The van der Waals surface area contributed by atoms with Crippen LogP contribution in [0.3, 0.4) is 0 Å². The fraction of sp³-hybridized carbons (Fsp3) is 0.0909. The summed E-state index contributed by atoms with van der Waals surface area (Å²) in [4.78, 5) is 17.0. The summed E-state index contributed by atoms with van der Waals surface area (Å²) in [5, 5.41) is 0. The molecule has 0 aliphatic carbocycles. The van der Waals surface area contributed by atoms with Gasteiger partial charge in [-0.05, 0) is 18.2 Å². The van der Waals surface area contributed by atoms with E-state index in [1.165, 1.54) is 12.3 Å². The lowest BCUT2D eigenvalue weighted by Gasteiger charge is -2.09. The lowest BCUT2D eigenvalue weighted by Crippen LogP contribution is -2.05. The van der Waals surface area contributed by atoms with E-state index in [0.29, 0.717) is 10.8 Å². The molecule has 0 fully saturated rings. The van der Waals surface area contributed by atoms with Crippen LogP contribution in [-0.2, 0) is 6.18 Å². The van der Waals surface area contributed by atoms with Gasteiger partial charge >= 0.3 is 6.18 Å². The molecule has 0 saturated carbocycles. The van der Waals surface area contributed by atoms with Gasteiger partial charge in [0.1, 0.15) is 5.82 Å². The van der Waals surface area contributed by atoms with E-state index in [2.05, 4.69) is 25.9 Å². The second-order valence-electron chi connectivity index (χ2n) is 3.50. The number of benzene rings is 1. The Balaban J connectivity index is 2.52. The van der Waals surface area contributed by atoms with Crippen LogP contribution < -0.4 is 0 Å². The van der Waals surface area contributed by atoms with Crippen LogP contribution in [0.15, 0.2) is 28.9 Å². The second kappa shape index (κ2) is 4.56. The quantitative estimate of drug-likeness (QED) is 0.859. The smallest absolute Gasteiger partial charge is 0.336 e. The van der Waals surface area contributed by atoms with Crippen molar-refractivity contribution in [3.63, 3.8) is 0 Å². The maximum Gasteiger partial charge on any atom is 0.416 e. The number of rotatable bonds is 2. The van der Waals surface area contributed by atoms with Crippen molar-refractivity contribution in [2.45, 2.75) is 6.18 Å². The largest absolute Gasteiger partial charge is 0.416 e. The molecule has 0 aliphatic heterocycles. The van der Waals surface area contributed by atoms with Crippen molar-refractivity contribution in [2.24, 2.45) is 0 Å².